The molecule has 0 saturated heterocycles. The smallest absolute Gasteiger partial charge is 0.339 e. The largest absolute Gasteiger partial charge is 0.507 e. The van der Waals surface area contributed by atoms with Crippen LogP contribution in [-0.4, -0.2) is 42.3 Å². The van der Waals surface area contributed by atoms with Gasteiger partial charge in [0.25, 0.3) is 0 Å². The number of carboxylic acid groups (broad SMARTS) is 2. The number of aromatic hydroxyl groups is 2. The van der Waals surface area contributed by atoms with E-state index >= 15 is 0 Å². The molecule has 1 aromatic heterocycles. The van der Waals surface area contributed by atoms with Crippen LogP contribution >= 0.6 is 0 Å². The van der Waals surface area contributed by atoms with Crippen molar-refractivity contribution in [1.29, 1.82) is 0 Å². The fourth-order valence-electron chi connectivity index (χ4n) is 2.36. The lowest BCUT2D eigenvalue weighted by molar-refractivity contribution is 0.0682. The van der Waals surface area contributed by atoms with Gasteiger partial charge in [0.1, 0.15) is 22.6 Å². The van der Waals surface area contributed by atoms with Crippen molar-refractivity contribution in [2.75, 3.05) is 10.6 Å². The Hall–Kier alpha value is -4.41. The van der Waals surface area contributed by atoms with E-state index < -0.39 is 29.3 Å². The summed E-state index contributed by atoms with van der Waals surface area (Å²) in [5.74, 6) is -4.75. The minimum Gasteiger partial charge on any atom is -0.507 e. The van der Waals surface area contributed by atoms with Gasteiger partial charge in [0, 0.05) is 23.5 Å². The summed E-state index contributed by atoms with van der Waals surface area (Å²) in [7, 11) is 0. The molecule has 6 N–H and O–H groups in total. The SMILES string of the molecule is O=C(O)c1ccc(Nc2ncc(F)c(Nc3ccc(C(=O)O)c(O)c3)n2)cc1O. The number of halogens is 1. The van der Waals surface area contributed by atoms with E-state index in [4.69, 9.17) is 10.2 Å². The van der Waals surface area contributed by atoms with Crippen LogP contribution in [0.25, 0.3) is 0 Å². The minimum absolute atomic E-state index is 0.0669. The molecule has 0 saturated carbocycles. The molecule has 0 aliphatic heterocycles. The summed E-state index contributed by atoms with van der Waals surface area (Å²) in [5, 5.41) is 42.6. The molecule has 3 rings (SSSR count). The fourth-order valence-corrected chi connectivity index (χ4v) is 2.36. The topological polar surface area (TPSA) is 165 Å². The first-order valence-electron chi connectivity index (χ1n) is 7.94. The first-order valence-corrected chi connectivity index (χ1v) is 7.94. The van der Waals surface area contributed by atoms with Gasteiger partial charge in [0.15, 0.2) is 11.6 Å². The van der Waals surface area contributed by atoms with Gasteiger partial charge < -0.3 is 31.1 Å². The third-order valence-corrected chi connectivity index (χ3v) is 3.72. The lowest BCUT2D eigenvalue weighted by Gasteiger charge is -2.11. The molecule has 0 fully saturated rings. The van der Waals surface area contributed by atoms with E-state index in [1.807, 2.05) is 0 Å². The number of aromatic nitrogens is 2. The Balaban J connectivity index is 1.83. The minimum atomic E-state index is -1.31. The number of nitrogens with one attached hydrogen (secondary N) is 2. The van der Waals surface area contributed by atoms with Crippen molar-refractivity contribution >= 4 is 35.1 Å². The summed E-state index contributed by atoms with van der Waals surface area (Å²) in [5.41, 5.74) is -0.166. The lowest BCUT2D eigenvalue weighted by Crippen LogP contribution is -2.04. The zero-order valence-corrected chi connectivity index (χ0v) is 14.4. The van der Waals surface area contributed by atoms with Gasteiger partial charge in [0.2, 0.25) is 5.95 Å². The van der Waals surface area contributed by atoms with E-state index in [-0.39, 0.29) is 34.3 Å². The van der Waals surface area contributed by atoms with Gasteiger partial charge in [-0.3, -0.25) is 0 Å². The monoisotopic (exact) mass is 400 g/mol. The van der Waals surface area contributed by atoms with Crippen LogP contribution in [0.1, 0.15) is 20.7 Å². The third-order valence-electron chi connectivity index (χ3n) is 3.72. The van der Waals surface area contributed by atoms with Crippen LogP contribution in [0.15, 0.2) is 42.6 Å². The fraction of sp³-hybridized carbons (Fsp3) is 0. The summed E-state index contributed by atoms with van der Waals surface area (Å²) in [6.07, 6.45) is 0.870. The Bertz CT molecular complexity index is 1120. The van der Waals surface area contributed by atoms with E-state index in [1.165, 1.54) is 18.2 Å². The van der Waals surface area contributed by atoms with E-state index in [2.05, 4.69) is 20.6 Å². The highest BCUT2D eigenvalue weighted by atomic mass is 19.1. The van der Waals surface area contributed by atoms with Gasteiger partial charge >= 0.3 is 11.9 Å². The standard InChI is InChI=1S/C18H13FN4O6/c19-12-7-20-18(22-9-2-4-11(17(28)29)14(25)6-9)23-15(12)21-8-1-3-10(16(26)27)13(24)5-8/h1-7,24-25H,(H,26,27)(H,28,29)(H2,20,21,22,23). The van der Waals surface area contributed by atoms with Crippen molar-refractivity contribution < 1.29 is 34.4 Å². The molecule has 0 aliphatic carbocycles. The highest BCUT2D eigenvalue weighted by Gasteiger charge is 2.13. The van der Waals surface area contributed by atoms with E-state index in [0.29, 0.717) is 0 Å². The molecule has 1 heterocycles. The number of nitrogens with zero attached hydrogens (tertiary/aromatic N) is 2. The summed E-state index contributed by atoms with van der Waals surface area (Å²) < 4.78 is 14.0. The van der Waals surface area contributed by atoms with Crippen LogP contribution < -0.4 is 10.6 Å². The van der Waals surface area contributed by atoms with E-state index in [9.17, 15) is 24.2 Å². The van der Waals surface area contributed by atoms with Gasteiger partial charge in [0.05, 0.1) is 6.20 Å². The molecule has 148 valence electrons. The molecule has 0 unspecified atom stereocenters. The predicted molar refractivity (Wildman–Crippen MR) is 98.7 cm³/mol. The van der Waals surface area contributed by atoms with Crippen molar-refractivity contribution in [3.05, 3.63) is 59.5 Å². The number of phenols is 2. The molecule has 0 spiro atoms. The van der Waals surface area contributed by atoms with Gasteiger partial charge in [-0.15, -0.1) is 0 Å². The molecule has 0 aliphatic rings. The first-order chi connectivity index (χ1) is 13.7. The highest BCUT2D eigenvalue weighted by Crippen LogP contribution is 2.27. The van der Waals surface area contributed by atoms with Gasteiger partial charge in [-0.1, -0.05) is 0 Å². The van der Waals surface area contributed by atoms with Crippen molar-refractivity contribution in [2.45, 2.75) is 0 Å². The van der Waals surface area contributed by atoms with E-state index in [0.717, 1.165) is 24.4 Å². The van der Waals surface area contributed by atoms with Gasteiger partial charge in [-0.25, -0.2) is 19.0 Å². The zero-order valence-electron chi connectivity index (χ0n) is 14.4. The number of hydrogen-bond acceptors (Lipinski definition) is 8. The summed E-state index contributed by atoms with van der Waals surface area (Å²) >= 11 is 0. The van der Waals surface area contributed by atoms with Crippen LogP contribution in [0.3, 0.4) is 0 Å². The van der Waals surface area contributed by atoms with Crippen molar-refractivity contribution in [1.82, 2.24) is 9.97 Å². The lowest BCUT2D eigenvalue weighted by atomic mass is 10.2. The predicted octanol–water partition coefficient (Wildman–Crippen LogP) is 2.91. The van der Waals surface area contributed by atoms with Gasteiger partial charge in [-0.05, 0) is 24.3 Å². The number of hydrogen-bond donors (Lipinski definition) is 6. The normalized spacial score (nSPS) is 10.4. The molecule has 2 aromatic carbocycles. The number of carbonyl (C=O) groups is 2. The summed E-state index contributed by atoms with van der Waals surface area (Å²) in [6, 6.07) is 7.25. The summed E-state index contributed by atoms with van der Waals surface area (Å²) in [4.78, 5) is 29.5. The van der Waals surface area contributed by atoms with Crippen molar-refractivity contribution in [3.63, 3.8) is 0 Å². The van der Waals surface area contributed by atoms with Gasteiger partial charge in [-0.2, -0.15) is 4.98 Å². The molecule has 29 heavy (non-hydrogen) atoms. The molecule has 3 aromatic rings. The third kappa shape index (κ3) is 4.30. The van der Waals surface area contributed by atoms with Crippen LogP contribution in [0, 0.1) is 5.82 Å². The molecule has 10 nitrogen and oxygen atoms in total. The molecule has 0 bridgehead atoms. The number of benzene rings is 2. The quantitative estimate of drug-likeness (QED) is 0.362. The Morgan fingerprint density at radius 1 is 0.862 bits per heavy atom. The maximum atomic E-state index is 14.0. The van der Waals surface area contributed by atoms with Crippen LogP contribution in [0.2, 0.25) is 0 Å². The maximum Gasteiger partial charge on any atom is 0.339 e. The number of aromatic carboxylic acids is 2. The average Bonchev–Trinajstić information content (AvgIpc) is 2.64. The molecule has 0 atom stereocenters. The molecular formula is C18H13FN4O6. The Morgan fingerprint density at radius 2 is 1.38 bits per heavy atom. The maximum absolute atomic E-state index is 14.0. The number of rotatable bonds is 6. The summed E-state index contributed by atoms with van der Waals surface area (Å²) in [6.45, 7) is 0. The Kier molecular flexibility index (Phi) is 5.13. The molecule has 0 amide bonds. The molecule has 11 heteroatoms. The Morgan fingerprint density at radius 3 is 1.86 bits per heavy atom. The van der Waals surface area contributed by atoms with Crippen molar-refractivity contribution in [2.24, 2.45) is 0 Å². The van der Waals surface area contributed by atoms with Crippen LogP contribution in [0.5, 0.6) is 11.5 Å². The highest BCUT2D eigenvalue weighted by molar-refractivity contribution is 5.92. The second-order valence-electron chi connectivity index (χ2n) is 5.71. The second-order valence-corrected chi connectivity index (χ2v) is 5.71. The Labute approximate surface area is 161 Å². The molecular weight excluding hydrogens is 387 g/mol. The molecule has 0 radical (unpaired) electrons. The zero-order chi connectivity index (χ0) is 21.1. The van der Waals surface area contributed by atoms with E-state index in [1.54, 1.807) is 0 Å². The second kappa shape index (κ2) is 7.68. The van der Waals surface area contributed by atoms with Crippen LogP contribution in [-0.2, 0) is 0 Å². The van der Waals surface area contributed by atoms with Crippen LogP contribution in [0.4, 0.5) is 27.5 Å². The first kappa shape index (κ1) is 19.4. The number of anilines is 4. The number of carboxylic acids is 2. The average molecular weight is 400 g/mol. The van der Waals surface area contributed by atoms with Crippen molar-refractivity contribution in [3.8, 4) is 11.5 Å².